The number of rotatable bonds is 8. The van der Waals surface area contributed by atoms with Crippen molar-refractivity contribution in [3.05, 3.63) is 78.0 Å². The number of benzene rings is 2. The predicted octanol–water partition coefficient (Wildman–Crippen LogP) is 2.93. The first-order chi connectivity index (χ1) is 13.6. The Balaban J connectivity index is 1.96. The third-order valence-corrected chi connectivity index (χ3v) is 4.66. The molecular weight excluding hydrogens is 378 g/mol. The van der Waals surface area contributed by atoms with E-state index in [9.17, 15) is 8.42 Å². The average Bonchev–Trinajstić information content (AvgIpc) is 2.72. The molecule has 2 N–H and O–H groups in total. The predicted molar refractivity (Wildman–Crippen MR) is 108 cm³/mol. The van der Waals surface area contributed by atoms with Crippen molar-refractivity contribution >= 4 is 21.9 Å². The Labute approximate surface area is 163 Å². The first-order valence-corrected chi connectivity index (χ1v) is 10.0. The summed E-state index contributed by atoms with van der Waals surface area (Å²) in [4.78, 5) is 8.17. The van der Waals surface area contributed by atoms with Crippen molar-refractivity contribution in [1.29, 1.82) is 0 Å². The van der Waals surface area contributed by atoms with Crippen LogP contribution in [-0.4, -0.2) is 36.7 Å². The van der Waals surface area contributed by atoms with Gasteiger partial charge in [-0.2, -0.15) is 0 Å². The molecule has 0 radical (unpaired) electrons. The molecule has 1 aromatic heterocycles. The van der Waals surface area contributed by atoms with E-state index in [0.29, 0.717) is 11.1 Å². The van der Waals surface area contributed by atoms with E-state index in [-0.39, 0.29) is 24.9 Å². The number of hydrogen-bond donors (Lipinski definition) is 2. The number of aromatic nitrogens is 2. The van der Waals surface area contributed by atoms with E-state index in [2.05, 4.69) is 14.7 Å². The second kappa shape index (κ2) is 9.12. The quantitative estimate of drug-likeness (QED) is 0.606. The van der Waals surface area contributed by atoms with Gasteiger partial charge in [0.25, 0.3) is 10.0 Å². The lowest BCUT2D eigenvalue weighted by Gasteiger charge is -2.14. The van der Waals surface area contributed by atoms with Crippen LogP contribution < -0.4 is 9.46 Å². The van der Waals surface area contributed by atoms with E-state index in [1.54, 1.807) is 24.3 Å². The number of nitrogens with one attached hydrogen (secondary N) is 1. The minimum absolute atomic E-state index is 0.0247. The highest BCUT2D eigenvalue weighted by atomic mass is 32.2. The summed E-state index contributed by atoms with van der Waals surface area (Å²) in [6, 6.07) is 18.1. The van der Waals surface area contributed by atoms with Gasteiger partial charge in [-0.15, -0.1) is 0 Å². The summed E-state index contributed by atoms with van der Waals surface area (Å²) >= 11 is 0. The van der Waals surface area contributed by atoms with Crippen LogP contribution in [0.5, 0.6) is 5.88 Å². The maximum absolute atomic E-state index is 12.5. The van der Waals surface area contributed by atoms with Crippen LogP contribution >= 0.6 is 0 Å². The summed E-state index contributed by atoms with van der Waals surface area (Å²) in [5.74, 6) is 0.270. The van der Waals surface area contributed by atoms with E-state index < -0.39 is 10.0 Å². The Hall–Kier alpha value is -3.23. The Bertz CT molecular complexity index is 1040. The molecule has 8 heteroatoms. The number of aliphatic hydroxyl groups excluding tert-OH is 1. The topological polar surface area (TPSA) is 101 Å². The maximum atomic E-state index is 12.5. The van der Waals surface area contributed by atoms with Gasteiger partial charge in [-0.1, -0.05) is 60.7 Å². The third kappa shape index (κ3) is 5.15. The molecule has 0 unspecified atom stereocenters. The smallest absolute Gasteiger partial charge is 0.256 e. The van der Waals surface area contributed by atoms with E-state index >= 15 is 0 Å². The number of aliphatic hydroxyl groups is 1. The minimum Gasteiger partial charge on any atom is -0.475 e. The summed E-state index contributed by atoms with van der Waals surface area (Å²) in [6.45, 7) is -0.171. The van der Waals surface area contributed by atoms with E-state index in [1.165, 1.54) is 12.4 Å². The minimum atomic E-state index is -3.83. The van der Waals surface area contributed by atoms with E-state index in [0.717, 1.165) is 11.0 Å². The Morgan fingerprint density at radius 3 is 2.36 bits per heavy atom. The fourth-order valence-corrected chi connectivity index (χ4v) is 3.29. The molecule has 0 aliphatic rings. The largest absolute Gasteiger partial charge is 0.475 e. The van der Waals surface area contributed by atoms with Gasteiger partial charge >= 0.3 is 0 Å². The van der Waals surface area contributed by atoms with Gasteiger partial charge in [-0.3, -0.25) is 4.72 Å². The van der Waals surface area contributed by atoms with Gasteiger partial charge in [-0.25, -0.2) is 18.4 Å². The van der Waals surface area contributed by atoms with Crippen molar-refractivity contribution in [2.45, 2.75) is 0 Å². The van der Waals surface area contributed by atoms with Crippen LogP contribution in [0.25, 0.3) is 17.2 Å². The van der Waals surface area contributed by atoms with Crippen molar-refractivity contribution in [2.75, 3.05) is 17.9 Å². The molecular formula is C20H19N3O4S. The number of sulfonamides is 1. The van der Waals surface area contributed by atoms with Crippen molar-refractivity contribution in [3.63, 3.8) is 0 Å². The average molecular weight is 397 g/mol. The molecule has 7 nitrogen and oxygen atoms in total. The molecule has 0 fully saturated rings. The van der Waals surface area contributed by atoms with Gasteiger partial charge in [0.15, 0.2) is 5.82 Å². The molecule has 0 saturated carbocycles. The Kier molecular flexibility index (Phi) is 6.36. The molecule has 2 aromatic carbocycles. The van der Waals surface area contributed by atoms with Gasteiger partial charge < -0.3 is 9.84 Å². The normalized spacial score (nSPS) is 11.5. The highest BCUT2D eigenvalue weighted by Gasteiger charge is 2.18. The van der Waals surface area contributed by atoms with Gasteiger partial charge in [0.05, 0.1) is 17.6 Å². The number of ether oxygens (including phenoxy) is 1. The third-order valence-electron chi connectivity index (χ3n) is 3.68. The number of nitrogens with zero attached hydrogens (tertiary/aromatic N) is 2. The molecule has 0 bridgehead atoms. The summed E-state index contributed by atoms with van der Waals surface area (Å²) in [7, 11) is -3.83. The van der Waals surface area contributed by atoms with Crippen LogP contribution in [-0.2, 0) is 10.0 Å². The summed E-state index contributed by atoms with van der Waals surface area (Å²) in [6.07, 6.45) is 2.70. The molecule has 0 spiro atoms. The zero-order chi connectivity index (χ0) is 19.8. The molecule has 0 amide bonds. The first-order valence-electron chi connectivity index (χ1n) is 8.49. The first kappa shape index (κ1) is 19.5. The van der Waals surface area contributed by atoms with Crippen molar-refractivity contribution in [1.82, 2.24) is 9.97 Å². The van der Waals surface area contributed by atoms with E-state index in [4.69, 9.17) is 9.84 Å². The molecule has 0 aliphatic carbocycles. The molecule has 0 saturated heterocycles. The number of hydrogen-bond acceptors (Lipinski definition) is 6. The van der Waals surface area contributed by atoms with Crippen LogP contribution in [0.3, 0.4) is 0 Å². The fraction of sp³-hybridized carbons (Fsp3) is 0.100. The SMILES string of the molecule is O=S(=O)(C=Cc1ccccc1)Nc1ncnc(OCCO)c1-c1ccccc1. The highest BCUT2D eigenvalue weighted by Crippen LogP contribution is 2.34. The second-order valence-corrected chi connectivity index (χ2v) is 7.27. The monoisotopic (exact) mass is 397 g/mol. The lowest BCUT2D eigenvalue weighted by atomic mass is 10.1. The lowest BCUT2D eigenvalue weighted by molar-refractivity contribution is 0.197. The van der Waals surface area contributed by atoms with Crippen molar-refractivity contribution < 1.29 is 18.3 Å². The van der Waals surface area contributed by atoms with Crippen LogP contribution in [0.15, 0.2) is 72.4 Å². The fourth-order valence-electron chi connectivity index (χ4n) is 2.46. The lowest BCUT2D eigenvalue weighted by Crippen LogP contribution is -2.13. The molecule has 3 rings (SSSR count). The van der Waals surface area contributed by atoms with Crippen LogP contribution in [0, 0.1) is 0 Å². The summed E-state index contributed by atoms with van der Waals surface area (Å²) in [5, 5.41) is 10.1. The highest BCUT2D eigenvalue weighted by molar-refractivity contribution is 7.95. The number of anilines is 1. The summed E-state index contributed by atoms with van der Waals surface area (Å²) < 4.78 is 33.0. The van der Waals surface area contributed by atoms with Crippen LogP contribution in [0.2, 0.25) is 0 Å². The van der Waals surface area contributed by atoms with Gasteiger partial charge in [0.1, 0.15) is 12.9 Å². The Morgan fingerprint density at radius 2 is 1.68 bits per heavy atom. The second-order valence-electron chi connectivity index (χ2n) is 5.70. The molecule has 0 aliphatic heterocycles. The molecule has 28 heavy (non-hydrogen) atoms. The van der Waals surface area contributed by atoms with Crippen LogP contribution in [0.1, 0.15) is 5.56 Å². The molecule has 3 aromatic rings. The standard InChI is InChI=1S/C20H19N3O4S/c24-12-13-27-20-18(17-9-5-2-6-10-17)19(21-15-22-20)23-28(25,26)14-11-16-7-3-1-4-8-16/h1-11,14-15,24H,12-13H2,(H,21,22,23). The zero-order valence-corrected chi connectivity index (χ0v) is 15.7. The van der Waals surface area contributed by atoms with E-state index in [1.807, 2.05) is 36.4 Å². The molecule has 144 valence electrons. The zero-order valence-electron chi connectivity index (χ0n) is 14.9. The van der Waals surface area contributed by atoms with Crippen molar-refractivity contribution in [2.24, 2.45) is 0 Å². The maximum Gasteiger partial charge on any atom is 0.256 e. The summed E-state index contributed by atoms with van der Waals surface area (Å²) in [5.41, 5.74) is 1.83. The van der Waals surface area contributed by atoms with Crippen molar-refractivity contribution in [3.8, 4) is 17.0 Å². The van der Waals surface area contributed by atoms with Gasteiger partial charge in [0.2, 0.25) is 5.88 Å². The Morgan fingerprint density at radius 1 is 1.00 bits per heavy atom. The van der Waals surface area contributed by atoms with Gasteiger partial charge in [0, 0.05) is 0 Å². The van der Waals surface area contributed by atoms with Crippen LogP contribution in [0.4, 0.5) is 5.82 Å². The molecule has 1 heterocycles. The molecule has 0 atom stereocenters. The van der Waals surface area contributed by atoms with Gasteiger partial charge in [-0.05, 0) is 17.2 Å².